The maximum absolute atomic E-state index is 13.8. The van der Waals surface area contributed by atoms with E-state index in [-0.39, 0.29) is 30.2 Å². The number of aromatic nitrogens is 2. The van der Waals surface area contributed by atoms with Gasteiger partial charge < -0.3 is 14.7 Å². The molecular formula is C36H44N4O5. The van der Waals surface area contributed by atoms with Crippen LogP contribution >= 0.6 is 0 Å². The smallest absolute Gasteiger partial charge is 0.407 e. The number of imidazole rings is 1. The van der Waals surface area contributed by atoms with Gasteiger partial charge in [0, 0.05) is 44.7 Å². The van der Waals surface area contributed by atoms with Crippen molar-refractivity contribution >= 4 is 23.1 Å². The molecule has 1 fully saturated rings. The van der Waals surface area contributed by atoms with E-state index in [9.17, 15) is 19.5 Å². The Balaban J connectivity index is 1.30. The molecule has 1 saturated heterocycles. The van der Waals surface area contributed by atoms with Gasteiger partial charge in [-0.15, -0.1) is 0 Å². The van der Waals surface area contributed by atoms with Crippen molar-refractivity contribution < 1.29 is 19.4 Å². The molecule has 1 amide bonds. The summed E-state index contributed by atoms with van der Waals surface area (Å²) in [7, 11) is 0. The highest BCUT2D eigenvalue weighted by molar-refractivity contribution is 5.76. The van der Waals surface area contributed by atoms with Gasteiger partial charge in [-0.25, -0.2) is 9.59 Å². The number of hydrogen-bond donors (Lipinski definition) is 1. The van der Waals surface area contributed by atoms with E-state index in [1.165, 1.54) is 11.1 Å². The van der Waals surface area contributed by atoms with Gasteiger partial charge in [-0.3, -0.25) is 18.8 Å². The second kappa shape index (κ2) is 15.6. The van der Waals surface area contributed by atoms with E-state index in [1.54, 1.807) is 16.4 Å². The van der Waals surface area contributed by atoms with Crippen molar-refractivity contribution in [2.45, 2.75) is 77.2 Å². The lowest BCUT2D eigenvalue weighted by atomic mass is 9.93. The third-order valence-corrected chi connectivity index (χ3v) is 8.75. The minimum atomic E-state index is -0.905. The molecule has 9 heteroatoms. The second-order valence-electron chi connectivity index (χ2n) is 11.8. The van der Waals surface area contributed by atoms with E-state index in [0.717, 1.165) is 43.5 Å². The van der Waals surface area contributed by atoms with Crippen LogP contribution in [0.15, 0.2) is 89.7 Å². The Morgan fingerprint density at radius 1 is 0.889 bits per heavy atom. The highest BCUT2D eigenvalue weighted by Crippen LogP contribution is 2.31. The molecule has 1 aromatic heterocycles. The normalized spacial score (nSPS) is 16.7. The number of piperidine rings is 1. The first-order valence-corrected chi connectivity index (χ1v) is 16.1. The third-order valence-electron chi connectivity index (χ3n) is 8.75. The van der Waals surface area contributed by atoms with Gasteiger partial charge >= 0.3 is 17.8 Å². The number of carboxylic acid groups (broad SMARTS) is 1. The zero-order chi connectivity index (χ0) is 31.6. The van der Waals surface area contributed by atoms with Gasteiger partial charge in [-0.05, 0) is 68.8 Å². The Morgan fingerprint density at radius 3 is 2.13 bits per heavy atom. The van der Waals surface area contributed by atoms with Crippen LogP contribution in [0.2, 0.25) is 0 Å². The van der Waals surface area contributed by atoms with Crippen LogP contribution in [0, 0.1) is 0 Å². The zero-order valence-corrected chi connectivity index (χ0v) is 26.1. The van der Waals surface area contributed by atoms with E-state index < -0.39 is 6.09 Å². The third kappa shape index (κ3) is 8.22. The fraction of sp³-hybridized carbons (Fsp3) is 0.417. The summed E-state index contributed by atoms with van der Waals surface area (Å²) in [6.07, 6.45) is 2.58. The van der Waals surface area contributed by atoms with Crippen LogP contribution in [-0.4, -0.2) is 61.8 Å². The highest BCUT2D eigenvalue weighted by atomic mass is 16.5. The molecule has 1 N–H and O–H groups in total. The first-order chi connectivity index (χ1) is 21.9. The number of rotatable bonds is 14. The molecule has 4 aromatic rings. The molecule has 1 unspecified atom stereocenters. The number of benzene rings is 3. The van der Waals surface area contributed by atoms with Crippen LogP contribution in [-0.2, 0) is 29.2 Å². The van der Waals surface area contributed by atoms with Crippen molar-refractivity contribution in [3.8, 4) is 0 Å². The number of carbonyl (C=O) groups excluding carboxylic acids is 1. The molecule has 1 aliphatic rings. The van der Waals surface area contributed by atoms with Crippen LogP contribution in [0.25, 0.3) is 11.0 Å². The number of nitrogens with zero attached hydrogens (tertiary/aromatic N) is 4. The molecule has 238 valence electrons. The summed E-state index contributed by atoms with van der Waals surface area (Å²) in [4.78, 5) is 42.0. The number of amides is 1. The van der Waals surface area contributed by atoms with Crippen molar-refractivity contribution in [2.75, 3.05) is 19.7 Å². The number of hydrogen-bond acceptors (Lipinski definition) is 5. The lowest BCUT2D eigenvalue weighted by Gasteiger charge is -2.38. The molecule has 1 aliphatic heterocycles. The molecule has 0 bridgehead atoms. The number of likely N-dealkylation sites (tertiary alicyclic amines) is 1. The standard InChI is InChI=1S/C36H44N4O5/c1-2-45-34(41)20-12-23-39-32-18-9-10-19-33(32)40(35(39)42)31-21-24-38(36(43)44)30(25-31)17-11-22-37(26-28-13-5-3-6-14-28)27-29-15-7-4-8-16-29/h3-10,13-16,18-19,30-31H,2,11-12,17,20-27H2,1H3,(H,43,44)/t30-,31?/m0/s1. The minimum Gasteiger partial charge on any atom is -0.466 e. The summed E-state index contributed by atoms with van der Waals surface area (Å²) in [6.45, 7) is 5.39. The molecule has 9 nitrogen and oxygen atoms in total. The second-order valence-corrected chi connectivity index (χ2v) is 11.8. The molecule has 0 saturated carbocycles. The molecule has 2 heterocycles. The van der Waals surface area contributed by atoms with Gasteiger partial charge in [0.2, 0.25) is 0 Å². The van der Waals surface area contributed by atoms with Crippen molar-refractivity contribution in [3.63, 3.8) is 0 Å². The summed E-state index contributed by atoms with van der Waals surface area (Å²) in [6, 6.07) is 28.3. The average Bonchev–Trinajstić information content (AvgIpc) is 3.32. The Morgan fingerprint density at radius 2 is 1.51 bits per heavy atom. The van der Waals surface area contributed by atoms with Crippen molar-refractivity contribution in [3.05, 3.63) is 107 Å². The van der Waals surface area contributed by atoms with Gasteiger partial charge in [0.05, 0.1) is 17.6 Å². The molecule has 45 heavy (non-hydrogen) atoms. The van der Waals surface area contributed by atoms with Crippen LogP contribution < -0.4 is 5.69 Å². The van der Waals surface area contributed by atoms with Gasteiger partial charge in [-0.1, -0.05) is 72.8 Å². The molecule has 3 aromatic carbocycles. The molecule has 2 atom stereocenters. The van der Waals surface area contributed by atoms with Crippen molar-refractivity contribution in [2.24, 2.45) is 0 Å². The van der Waals surface area contributed by atoms with Crippen LogP contribution in [0.1, 0.15) is 62.6 Å². The van der Waals surface area contributed by atoms with Gasteiger partial charge in [-0.2, -0.15) is 0 Å². The molecular weight excluding hydrogens is 568 g/mol. The van der Waals surface area contributed by atoms with Crippen LogP contribution in [0.3, 0.4) is 0 Å². The van der Waals surface area contributed by atoms with E-state index in [1.807, 2.05) is 41.0 Å². The van der Waals surface area contributed by atoms with E-state index in [2.05, 4.69) is 53.4 Å². The number of esters is 1. The fourth-order valence-electron chi connectivity index (χ4n) is 6.65. The first-order valence-electron chi connectivity index (χ1n) is 16.1. The number of ether oxygens (including phenoxy) is 1. The Bertz CT molecular complexity index is 1560. The number of fused-ring (bicyclic) bond motifs is 1. The number of carbonyl (C=O) groups is 2. The Hall–Kier alpha value is -4.37. The summed E-state index contributed by atoms with van der Waals surface area (Å²) in [5.41, 5.74) is 4.07. The van der Waals surface area contributed by atoms with Gasteiger partial charge in [0.15, 0.2) is 0 Å². The van der Waals surface area contributed by atoms with Gasteiger partial charge in [0.25, 0.3) is 0 Å². The largest absolute Gasteiger partial charge is 0.466 e. The molecule has 0 spiro atoms. The number of para-hydroxylation sites is 2. The summed E-state index contributed by atoms with van der Waals surface area (Å²) in [5, 5.41) is 10.1. The quantitative estimate of drug-likeness (QED) is 0.168. The molecule has 0 radical (unpaired) electrons. The predicted molar refractivity (Wildman–Crippen MR) is 175 cm³/mol. The maximum Gasteiger partial charge on any atom is 0.407 e. The lowest BCUT2D eigenvalue weighted by molar-refractivity contribution is -0.143. The molecule has 5 rings (SSSR count). The summed E-state index contributed by atoms with van der Waals surface area (Å²) < 4.78 is 8.67. The summed E-state index contributed by atoms with van der Waals surface area (Å²) >= 11 is 0. The van der Waals surface area contributed by atoms with Gasteiger partial charge in [0.1, 0.15) is 0 Å². The monoisotopic (exact) mass is 612 g/mol. The SMILES string of the molecule is CCOC(=O)CCCn1c(=O)n(C2CCN(C(=O)O)[C@@H](CCCN(Cc3ccccc3)Cc3ccccc3)C2)c2ccccc21. The summed E-state index contributed by atoms with van der Waals surface area (Å²) in [5.74, 6) is -0.260. The van der Waals surface area contributed by atoms with E-state index >= 15 is 0 Å². The highest BCUT2D eigenvalue weighted by Gasteiger charge is 2.34. The number of aryl methyl sites for hydroxylation is 1. The van der Waals surface area contributed by atoms with E-state index in [4.69, 9.17) is 4.74 Å². The predicted octanol–water partition coefficient (Wildman–Crippen LogP) is 6.31. The topological polar surface area (TPSA) is 97.0 Å². The van der Waals surface area contributed by atoms with Crippen molar-refractivity contribution in [1.82, 2.24) is 18.9 Å². The van der Waals surface area contributed by atoms with Crippen molar-refractivity contribution in [1.29, 1.82) is 0 Å². The Kier molecular flexibility index (Phi) is 11.1. The maximum atomic E-state index is 13.8. The van der Waals surface area contributed by atoms with E-state index in [0.29, 0.717) is 39.0 Å². The fourth-order valence-corrected chi connectivity index (χ4v) is 6.65. The van der Waals surface area contributed by atoms with Crippen LogP contribution in [0.4, 0.5) is 4.79 Å². The molecule has 0 aliphatic carbocycles. The van der Waals surface area contributed by atoms with Crippen LogP contribution in [0.5, 0.6) is 0 Å². The average molecular weight is 613 g/mol. The zero-order valence-electron chi connectivity index (χ0n) is 26.1. The minimum absolute atomic E-state index is 0.107. The lowest BCUT2D eigenvalue weighted by Crippen LogP contribution is -2.47. The Labute approximate surface area is 264 Å². The first kappa shape index (κ1) is 32.0.